The maximum absolute atomic E-state index is 13.3. The van der Waals surface area contributed by atoms with Gasteiger partial charge in [0.15, 0.2) is 13.2 Å². The Kier molecular flexibility index (Phi) is 6.08. The molecular weight excluding hydrogens is 344 g/mol. The van der Waals surface area contributed by atoms with Gasteiger partial charge in [0.2, 0.25) is 0 Å². The summed E-state index contributed by atoms with van der Waals surface area (Å²) in [6, 6.07) is 8.99. The average Bonchev–Trinajstić information content (AvgIpc) is 2.54. The van der Waals surface area contributed by atoms with Crippen molar-refractivity contribution >= 4 is 29.2 Å². The number of halogens is 3. The van der Waals surface area contributed by atoms with Crippen LogP contribution in [0.4, 0.5) is 14.5 Å². The molecule has 24 heavy (non-hydrogen) atoms. The molecule has 0 fully saturated rings. The second kappa shape index (κ2) is 8.26. The molecule has 0 radical (unpaired) electrons. The number of carbonyl (C=O) groups is 2. The summed E-state index contributed by atoms with van der Waals surface area (Å²) >= 11 is 5.76. The highest BCUT2D eigenvalue weighted by atomic mass is 35.5. The van der Waals surface area contributed by atoms with Gasteiger partial charge in [-0.25, -0.2) is 13.6 Å². The molecule has 126 valence electrons. The van der Waals surface area contributed by atoms with Crippen LogP contribution in [0.25, 0.3) is 0 Å². The Balaban J connectivity index is 1.77. The maximum Gasteiger partial charge on any atom is 0.344 e. The zero-order chi connectivity index (χ0) is 17.5. The van der Waals surface area contributed by atoms with Crippen molar-refractivity contribution in [3.63, 3.8) is 0 Å². The van der Waals surface area contributed by atoms with Crippen molar-refractivity contribution in [3.8, 4) is 5.75 Å². The monoisotopic (exact) mass is 355 g/mol. The van der Waals surface area contributed by atoms with Crippen LogP contribution in [-0.2, 0) is 14.3 Å². The molecule has 1 N–H and O–H groups in total. The van der Waals surface area contributed by atoms with E-state index in [0.29, 0.717) is 10.8 Å². The van der Waals surface area contributed by atoms with Gasteiger partial charge in [0.25, 0.3) is 5.91 Å². The Morgan fingerprint density at radius 3 is 2.62 bits per heavy atom. The second-order valence-electron chi connectivity index (χ2n) is 4.58. The Labute approximate surface area is 141 Å². The van der Waals surface area contributed by atoms with Gasteiger partial charge in [0.05, 0.1) is 5.69 Å². The summed E-state index contributed by atoms with van der Waals surface area (Å²) in [5.74, 6) is -2.76. The van der Waals surface area contributed by atoms with Gasteiger partial charge < -0.3 is 14.8 Å². The fourth-order valence-electron chi connectivity index (χ4n) is 1.67. The molecule has 0 unspecified atom stereocenters. The Bertz CT molecular complexity index is 755. The fraction of sp³-hybridized carbons (Fsp3) is 0.125. The molecule has 1 amide bonds. The van der Waals surface area contributed by atoms with E-state index < -0.39 is 36.7 Å². The van der Waals surface area contributed by atoms with Crippen LogP contribution in [0, 0.1) is 11.6 Å². The van der Waals surface area contributed by atoms with Gasteiger partial charge in [-0.1, -0.05) is 17.7 Å². The lowest BCUT2D eigenvalue weighted by Crippen LogP contribution is -2.24. The quantitative estimate of drug-likeness (QED) is 0.808. The van der Waals surface area contributed by atoms with Crippen LogP contribution in [-0.4, -0.2) is 25.1 Å². The van der Waals surface area contributed by atoms with Crippen molar-refractivity contribution < 1.29 is 27.8 Å². The zero-order valence-corrected chi connectivity index (χ0v) is 13.0. The molecule has 0 bridgehead atoms. The van der Waals surface area contributed by atoms with Gasteiger partial charge in [0, 0.05) is 11.1 Å². The van der Waals surface area contributed by atoms with E-state index in [9.17, 15) is 18.4 Å². The van der Waals surface area contributed by atoms with Crippen molar-refractivity contribution in [2.24, 2.45) is 0 Å². The predicted molar refractivity (Wildman–Crippen MR) is 82.9 cm³/mol. The molecule has 0 aliphatic rings. The standard InChI is InChI=1S/C16H12ClF2NO4/c17-10-2-1-3-12(6-10)23-9-16(22)24-8-15(21)20-14-7-11(18)4-5-13(14)19/h1-7H,8-9H2,(H,20,21). The first-order valence-electron chi connectivity index (χ1n) is 6.73. The summed E-state index contributed by atoms with van der Waals surface area (Å²) in [7, 11) is 0. The molecule has 0 saturated carbocycles. The van der Waals surface area contributed by atoms with E-state index in [0.717, 1.165) is 18.2 Å². The minimum absolute atomic E-state index is 0.341. The summed E-state index contributed by atoms with van der Waals surface area (Å²) in [5, 5.41) is 2.54. The summed E-state index contributed by atoms with van der Waals surface area (Å²) in [6.07, 6.45) is 0. The third kappa shape index (κ3) is 5.51. The number of benzene rings is 2. The van der Waals surface area contributed by atoms with Crippen LogP contribution in [0.2, 0.25) is 5.02 Å². The Morgan fingerprint density at radius 1 is 1.08 bits per heavy atom. The highest BCUT2D eigenvalue weighted by Gasteiger charge is 2.11. The highest BCUT2D eigenvalue weighted by molar-refractivity contribution is 6.30. The lowest BCUT2D eigenvalue weighted by atomic mass is 10.3. The van der Waals surface area contributed by atoms with Gasteiger partial charge in [-0.15, -0.1) is 0 Å². The fourth-order valence-corrected chi connectivity index (χ4v) is 1.85. The van der Waals surface area contributed by atoms with E-state index in [4.69, 9.17) is 16.3 Å². The van der Waals surface area contributed by atoms with Gasteiger partial charge in [-0.2, -0.15) is 0 Å². The van der Waals surface area contributed by atoms with Crippen molar-refractivity contribution in [1.82, 2.24) is 0 Å². The molecule has 5 nitrogen and oxygen atoms in total. The molecule has 2 aromatic carbocycles. The molecule has 2 rings (SSSR count). The molecule has 0 aromatic heterocycles. The van der Waals surface area contributed by atoms with Crippen LogP contribution < -0.4 is 10.1 Å². The van der Waals surface area contributed by atoms with Crippen LogP contribution >= 0.6 is 11.6 Å². The number of amides is 1. The zero-order valence-electron chi connectivity index (χ0n) is 12.2. The second-order valence-corrected chi connectivity index (χ2v) is 5.02. The third-order valence-corrected chi connectivity index (χ3v) is 2.95. The van der Waals surface area contributed by atoms with Crippen molar-refractivity contribution in [1.29, 1.82) is 0 Å². The number of nitrogens with one attached hydrogen (secondary N) is 1. The summed E-state index contributed by atoms with van der Waals surface area (Å²) in [4.78, 5) is 23.0. The topological polar surface area (TPSA) is 64.6 Å². The normalized spacial score (nSPS) is 10.1. The number of anilines is 1. The number of esters is 1. The van der Waals surface area contributed by atoms with Gasteiger partial charge >= 0.3 is 5.97 Å². The Morgan fingerprint density at radius 2 is 1.88 bits per heavy atom. The summed E-state index contributed by atoms with van der Waals surface area (Å²) in [5.41, 5.74) is -0.341. The number of carbonyl (C=O) groups excluding carboxylic acids is 2. The molecule has 0 aliphatic carbocycles. The maximum atomic E-state index is 13.3. The summed E-state index contributed by atoms with van der Waals surface area (Å²) < 4.78 is 36.1. The van der Waals surface area contributed by atoms with E-state index in [1.54, 1.807) is 18.2 Å². The lowest BCUT2D eigenvalue weighted by molar-refractivity contribution is -0.149. The van der Waals surface area contributed by atoms with Gasteiger partial charge in [-0.05, 0) is 30.3 Å². The molecule has 8 heteroatoms. The summed E-state index contributed by atoms with van der Waals surface area (Å²) in [6.45, 7) is -1.09. The predicted octanol–water partition coefficient (Wildman–Crippen LogP) is 3.18. The minimum Gasteiger partial charge on any atom is -0.482 e. The van der Waals surface area contributed by atoms with E-state index in [2.05, 4.69) is 10.1 Å². The molecule has 0 aliphatic heterocycles. The van der Waals surface area contributed by atoms with Gasteiger partial charge in [-0.3, -0.25) is 4.79 Å². The SMILES string of the molecule is O=C(COC(=O)COc1cccc(Cl)c1)Nc1cc(F)ccc1F. The molecule has 0 saturated heterocycles. The number of hydrogen-bond donors (Lipinski definition) is 1. The smallest absolute Gasteiger partial charge is 0.344 e. The molecule has 0 atom stereocenters. The van der Waals surface area contributed by atoms with Crippen molar-refractivity contribution in [2.45, 2.75) is 0 Å². The lowest BCUT2D eigenvalue weighted by Gasteiger charge is -2.08. The van der Waals surface area contributed by atoms with E-state index in [-0.39, 0.29) is 5.69 Å². The van der Waals surface area contributed by atoms with E-state index in [1.165, 1.54) is 6.07 Å². The molecule has 2 aromatic rings. The first-order chi connectivity index (χ1) is 11.4. The highest BCUT2D eigenvalue weighted by Crippen LogP contribution is 2.17. The van der Waals surface area contributed by atoms with Crippen LogP contribution in [0.5, 0.6) is 5.75 Å². The van der Waals surface area contributed by atoms with Crippen molar-refractivity contribution in [3.05, 3.63) is 59.1 Å². The average molecular weight is 356 g/mol. The number of ether oxygens (including phenoxy) is 2. The van der Waals surface area contributed by atoms with Crippen LogP contribution in [0.15, 0.2) is 42.5 Å². The first kappa shape index (κ1) is 17.7. The van der Waals surface area contributed by atoms with Crippen LogP contribution in [0.1, 0.15) is 0 Å². The third-order valence-electron chi connectivity index (χ3n) is 2.72. The molecule has 0 heterocycles. The largest absolute Gasteiger partial charge is 0.482 e. The first-order valence-corrected chi connectivity index (χ1v) is 7.11. The molecule has 0 spiro atoms. The molecular formula is C16H12ClF2NO4. The van der Waals surface area contributed by atoms with E-state index >= 15 is 0 Å². The minimum atomic E-state index is -0.810. The van der Waals surface area contributed by atoms with Gasteiger partial charge in [0.1, 0.15) is 17.4 Å². The number of hydrogen-bond acceptors (Lipinski definition) is 4. The van der Waals surface area contributed by atoms with E-state index in [1.807, 2.05) is 0 Å². The number of rotatable bonds is 6. The Hall–Kier alpha value is -2.67. The van der Waals surface area contributed by atoms with Crippen molar-refractivity contribution in [2.75, 3.05) is 18.5 Å². The van der Waals surface area contributed by atoms with Crippen LogP contribution in [0.3, 0.4) is 0 Å².